The Morgan fingerprint density at radius 2 is 1.77 bits per heavy atom. The first-order valence-corrected chi connectivity index (χ1v) is 7.82. The monoisotopic (exact) mass is 311 g/mol. The number of rotatable bonds is 2. The lowest BCUT2D eigenvalue weighted by atomic mass is 9.77. The van der Waals surface area contributed by atoms with Gasteiger partial charge in [-0.05, 0) is 56.4 Å². The fraction of sp³-hybridized carbons (Fsp3) is 0.588. The molecule has 0 radical (unpaired) electrons. The van der Waals surface area contributed by atoms with Gasteiger partial charge in [0.25, 0.3) is 0 Å². The van der Waals surface area contributed by atoms with Gasteiger partial charge in [0.1, 0.15) is 0 Å². The highest BCUT2D eigenvalue weighted by Crippen LogP contribution is 2.34. The fourth-order valence-corrected chi connectivity index (χ4v) is 3.80. The van der Waals surface area contributed by atoms with Crippen molar-refractivity contribution in [1.82, 2.24) is 5.32 Å². The number of alkyl halides is 3. The lowest BCUT2D eigenvalue weighted by molar-refractivity contribution is -0.137. The van der Waals surface area contributed by atoms with Crippen LogP contribution >= 0.6 is 0 Å². The standard InChI is InChI=1S/C17H20F3NO/c1-10-5-11(7-13(6-10)17(18,19)20)16(22)12-8-14-3-2-4-15(9-12)21-14/h5-7,12,14-15,21H,2-4,8-9H2,1H3. The van der Waals surface area contributed by atoms with Gasteiger partial charge in [-0.3, -0.25) is 4.79 Å². The molecule has 2 aliphatic heterocycles. The molecule has 1 aromatic rings. The number of aryl methyl sites for hydroxylation is 1. The van der Waals surface area contributed by atoms with Gasteiger partial charge in [-0.2, -0.15) is 13.2 Å². The Morgan fingerprint density at radius 1 is 1.14 bits per heavy atom. The van der Waals surface area contributed by atoms with E-state index in [1.807, 2.05) is 0 Å². The summed E-state index contributed by atoms with van der Waals surface area (Å²) in [5.74, 6) is -0.285. The average molecular weight is 311 g/mol. The van der Waals surface area contributed by atoms with E-state index >= 15 is 0 Å². The summed E-state index contributed by atoms with van der Waals surface area (Å²) in [5.41, 5.74) is -0.0467. The number of ketones is 1. The summed E-state index contributed by atoms with van der Waals surface area (Å²) >= 11 is 0. The number of hydrogen-bond acceptors (Lipinski definition) is 2. The number of hydrogen-bond donors (Lipinski definition) is 1. The van der Waals surface area contributed by atoms with E-state index in [0.717, 1.165) is 37.8 Å². The number of fused-ring (bicyclic) bond motifs is 2. The van der Waals surface area contributed by atoms with Gasteiger partial charge in [-0.25, -0.2) is 0 Å². The number of Topliss-reactive ketones (excluding diaryl/α,β-unsaturated/α-hetero) is 1. The Hall–Kier alpha value is -1.36. The van der Waals surface area contributed by atoms with Crippen LogP contribution in [0, 0.1) is 12.8 Å². The van der Waals surface area contributed by atoms with Crippen LogP contribution < -0.4 is 5.32 Å². The minimum absolute atomic E-state index is 0.132. The Morgan fingerprint density at radius 3 is 2.36 bits per heavy atom. The third kappa shape index (κ3) is 3.19. The molecule has 2 nitrogen and oxygen atoms in total. The Balaban J connectivity index is 1.84. The normalized spacial score (nSPS) is 28.5. The van der Waals surface area contributed by atoms with Crippen molar-refractivity contribution in [2.45, 2.75) is 57.3 Å². The van der Waals surface area contributed by atoms with Crippen LogP contribution in [0.1, 0.15) is 53.6 Å². The van der Waals surface area contributed by atoms with Gasteiger partial charge in [0.15, 0.2) is 5.78 Å². The molecule has 1 N–H and O–H groups in total. The molecule has 3 rings (SSSR count). The minimum atomic E-state index is -4.41. The molecular weight excluding hydrogens is 291 g/mol. The van der Waals surface area contributed by atoms with Crippen molar-refractivity contribution in [2.24, 2.45) is 5.92 Å². The predicted molar refractivity (Wildman–Crippen MR) is 77.8 cm³/mol. The molecule has 0 aliphatic carbocycles. The molecule has 2 bridgehead atoms. The number of benzene rings is 1. The van der Waals surface area contributed by atoms with Crippen LogP contribution in [0.4, 0.5) is 13.2 Å². The molecule has 120 valence electrons. The van der Waals surface area contributed by atoms with E-state index in [9.17, 15) is 18.0 Å². The maximum Gasteiger partial charge on any atom is 0.416 e. The summed E-state index contributed by atoms with van der Waals surface area (Å²) in [5, 5.41) is 3.50. The quantitative estimate of drug-likeness (QED) is 0.833. The van der Waals surface area contributed by atoms with Crippen molar-refractivity contribution in [3.8, 4) is 0 Å². The molecule has 0 spiro atoms. The summed E-state index contributed by atoms with van der Waals surface area (Å²) < 4.78 is 38.8. The second-order valence-electron chi connectivity index (χ2n) is 6.61. The number of nitrogens with one attached hydrogen (secondary N) is 1. The van der Waals surface area contributed by atoms with Gasteiger partial charge in [0, 0.05) is 23.6 Å². The van der Waals surface area contributed by atoms with E-state index in [0.29, 0.717) is 17.6 Å². The number of piperidine rings is 2. The van der Waals surface area contributed by atoms with Gasteiger partial charge >= 0.3 is 6.18 Å². The zero-order chi connectivity index (χ0) is 15.9. The van der Waals surface area contributed by atoms with Crippen LogP contribution in [0.3, 0.4) is 0 Å². The van der Waals surface area contributed by atoms with Crippen LogP contribution in [-0.4, -0.2) is 17.9 Å². The second kappa shape index (κ2) is 5.69. The van der Waals surface area contributed by atoms with Crippen molar-refractivity contribution in [1.29, 1.82) is 0 Å². The Kier molecular flexibility index (Phi) is 4.02. The highest BCUT2D eigenvalue weighted by atomic mass is 19.4. The highest BCUT2D eigenvalue weighted by molar-refractivity contribution is 5.98. The van der Waals surface area contributed by atoms with E-state index < -0.39 is 11.7 Å². The SMILES string of the molecule is Cc1cc(C(=O)C2CC3CCCC(C2)N3)cc(C(F)(F)F)c1. The predicted octanol–water partition coefficient (Wildman–Crippen LogP) is 4.12. The molecule has 22 heavy (non-hydrogen) atoms. The lowest BCUT2D eigenvalue weighted by Gasteiger charge is -2.39. The molecule has 2 fully saturated rings. The molecule has 2 heterocycles. The second-order valence-corrected chi connectivity index (χ2v) is 6.61. The van der Waals surface area contributed by atoms with Crippen molar-refractivity contribution < 1.29 is 18.0 Å². The fourth-order valence-electron chi connectivity index (χ4n) is 3.80. The van der Waals surface area contributed by atoms with Crippen molar-refractivity contribution >= 4 is 5.78 Å². The summed E-state index contributed by atoms with van der Waals surface area (Å²) in [6.07, 6.45) is 0.358. The average Bonchev–Trinajstić information content (AvgIpc) is 2.44. The van der Waals surface area contributed by atoms with E-state index in [4.69, 9.17) is 0 Å². The van der Waals surface area contributed by atoms with E-state index in [1.165, 1.54) is 6.42 Å². The van der Waals surface area contributed by atoms with Crippen LogP contribution in [0.15, 0.2) is 18.2 Å². The maximum absolute atomic E-state index is 12.9. The van der Waals surface area contributed by atoms with Crippen molar-refractivity contribution in [2.75, 3.05) is 0 Å². The van der Waals surface area contributed by atoms with Crippen molar-refractivity contribution in [3.05, 3.63) is 34.9 Å². The Bertz CT molecular complexity index is 570. The van der Waals surface area contributed by atoms with Crippen molar-refractivity contribution in [3.63, 3.8) is 0 Å². The topological polar surface area (TPSA) is 29.1 Å². The number of carbonyl (C=O) groups excluding carboxylic acids is 1. The van der Waals surface area contributed by atoms with E-state index in [1.54, 1.807) is 13.0 Å². The number of halogens is 3. The van der Waals surface area contributed by atoms with Crippen LogP contribution in [0.2, 0.25) is 0 Å². The lowest BCUT2D eigenvalue weighted by Crippen LogP contribution is -2.50. The van der Waals surface area contributed by atoms with Gasteiger partial charge in [-0.15, -0.1) is 0 Å². The molecule has 0 saturated carbocycles. The molecular formula is C17H20F3NO. The summed E-state index contributed by atoms with van der Waals surface area (Å²) in [4.78, 5) is 12.7. The first-order chi connectivity index (χ1) is 10.3. The van der Waals surface area contributed by atoms with E-state index in [2.05, 4.69) is 5.32 Å². The van der Waals surface area contributed by atoms with Gasteiger partial charge in [0.2, 0.25) is 0 Å². The molecule has 2 saturated heterocycles. The number of carbonyl (C=O) groups is 1. The highest BCUT2D eigenvalue weighted by Gasteiger charge is 2.36. The van der Waals surface area contributed by atoms with Crippen LogP contribution in [0.5, 0.6) is 0 Å². The molecule has 2 aliphatic rings. The zero-order valence-electron chi connectivity index (χ0n) is 12.5. The van der Waals surface area contributed by atoms with E-state index in [-0.39, 0.29) is 17.3 Å². The zero-order valence-corrected chi connectivity index (χ0v) is 12.5. The summed E-state index contributed by atoms with van der Waals surface area (Å²) in [6, 6.07) is 4.36. The Labute approximate surface area is 128 Å². The summed E-state index contributed by atoms with van der Waals surface area (Å²) in [6.45, 7) is 1.60. The first kappa shape index (κ1) is 15.5. The molecule has 2 unspecified atom stereocenters. The van der Waals surface area contributed by atoms with Gasteiger partial charge in [-0.1, -0.05) is 6.42 Å². The molecule has 0 aromatic heterocycles. The molecule has 1 aromatic carbocycles. The third-order valence-corrected chi connectivity index (χ3v) is 4.77. The molecule has 5 heteroatoms. The largest absolute Gasteiger partial charge is 0.416 e. The molecule has 2 atom stereocenters. The maximum atomic E-state index is 12.9. The minimum Gasteiger partial charge on any atom is -0.311 e. The van der Waals surface area contributed by atoms with Crippen LogP contribution in [0.25, 0.3) is 0 Å². The first-order valence-electron chi connectivity index (χ1n) is 7.82. The smallest absolute Gasteiger partial charge is 0.311 e. The molecule has 0 amide bonds. The third-order valence-electron chi connectivity index (χ3n) is 4.77. The summed E-state index contributed by atoms with van der Waals surface area (Å²) in [7, 11) is 0. The van der Waals surface area contributed by atoms with Crippen LogP contribution in [-0.2, 0) is 6.18 Å². The van der Waals surface area contributed by atoms with Gasteiger partial charge in [0.05, 0.1) is 5.56 Å². The van der Waals surface area contributed by atoms with Gasteiger partial charge < -0.3 is 5.32 Å².